The minimum absolute atomic E-state index is 0.0415. The van der Waals surface area contributed by atoms with Gasteiger partial charge in [0.15, 0.2) is 23.8 Å². The molecule has 0 bridgehead atoms. The smallest absolute Gasteiger partial charge is 0.464 e. The van der Waals surface area contributed by atoms with Gasteiger partial charge in [0, 0.05) is 73.0 Å². The number of rotatable bonds is 21. The quantitative estimate of drug-likeness (QED) is 0.0210. The van der Waals surface area contributed by atoms with Crippen molar-refractivity contribution in [2.24, 2.45) is 4.99 Å². The van der Waals surface area contributed by atoms with Gasteiger partial charge in [-0.05, 0) is 69.0 Å². The van der Waals surface area contributed by atoms with Crippen molar-refractivity contribution in [2.45, 2.75) is 65.1 Å². The molecule has 1 fully saturated rings. The van der Waals surface area contributed by atoms with E-state index in [1.54, 1.807) is 19.2 Å². The van der Waals surface area contributed by atoms with E-state index in [4.69, 9.17) is 34.1 Å². The molecule has 2 aliphatic heterocycles. The number of alkyl carbamates (subject to hydrolysis) is 1. The number of phosphoric acid groups is 1. The Bertz CT molecular complexity index is 3260. The Morgan fingerprint density at radius 3 is 2.47 bits per heavy atom. The Morgan fingerprint density at radius 1 is 0.986 bits per heavy atom. The number of hydrogen-bond donors (Lipinski definition) is 9. The minimum atomic E-state index is -5.62. The third-order valence-electron chi connectivity index (χ3n) is 11.5. The van der Waals surface area contributed by atoms with Gasteiger partial charge < -0.3 is 64.6 Å². The maximum Gasteiger partial charge on any atom is 0.480 e. The van der Waals surface area contributed by atoms with Crippen LogP contribution >= 0.6 is 23.3 Å². The lowest BCUT2D eigenvalue weighted by molar-refractivity contribution is -0.143. The molecule has 74 heavy (non-hydrogen) atoms. The molecule has 1 aliphatic carbocycles. The number of anilines is 2. The zero-order valence-corrected chi connectivity index (χ0v) is 43.2. The monoisotopic (exact) mass is 1090 g/mol. The number of fused-ring (bicyclic) bond motifs is 3. The number of esters is 1. The fourth-order valence-electron chi connectivity index (χ4n) is 8.19. The number of hydrogen-bond acceptors (Lipinski definition) is 19. The molecule has 3 aliphatic rings. The largest absolute Gasteiger partial charge is 0.480 e. The molecule has 2 aromatic carbocycles. The number of aryl methyl sites for hydroxylation is 2. The van der Waals surface area contributed by atoms with Gasteiger partial charge in [-0.1, -0.05) is 18.2 Å². The van der Waals surface area contributed by atoms with Crippen LogP contribution in [0.1, 0.15) is 54.4 Å². The number of imidazole rings is 1. The zero-order chi connectivity index (χ0) is 53.7. The van der Waals surface area contributed by atoms with Crippen molar-refractivity contribution >= 4 is 74.9 Å². The van der Waals surface area contributed by atoms with Crippen molar-refractivity contribution in [3.63, 3.8) is 0 Å². The Kier molecular flexibility index (Phi) is 17.4. The van der Waals surface area contributed by atoms with Gasteiger partial charge in [-0.25, -0.2) is 33.4 Å². The summed E-state index contributed by atoms with van der Waals surface area (Å²) in [6.07, 6.45) is -5.36. The van der Waals surface area contributed by atoms with Crippen LogP contribution < -0.4 is 26.6 Å². The molecule has 30 heteroatoms. The van der Waals surface area contributed by atoms with Gasteiger partial charge in [-0.2, -0.15) is 4.31 Å². The lowest BCUT2D eigenvalue weighted by Crippen LogP contribution is -2.40. The standard InChI is InChI=1S/C44H55N10O17P3/c1-6-46-30-19-32-28(17-24(30)3)36(29-18-25(4)31(47-7-2)20-33(29)68-32)26-11-8-9-12-27(26)42(57)53(5)15-10-13-35(55)66-16-14-48-44(58)70-39-38(56)34(21-67-74(64,65)71-73(62,63)52-72(59,60)61)69-43(39)54-23-51-37-40(45)49-22-50-41(37)54/h8-9,11-12,17-20,22-23,34,38-39,43,46,56H,6-7,10,13-16,21H2,1-5H3,(H,48,58)(H,64,65)(H2,45,49,50)(H4,52,59,60,61,62,63)/t34-,38-,39-,43-/m1/s1. The molecule has 2 amide bonds. The predicted octanol–water partition coefficient (Wildman–Crippen LogP) is 4.26. The fraction of sp³-hybridized carbons (Fsp3) is 0.386. The van der Waals surface area contributed by atoms with E-state index in [1.165, 1.54) is 15.8 Å². The maximum atomic E-state index is 14.2. The first-order chi connectivity index (χ1) is 35.0. The topological polar surface area (TPSA) is 384 Å². The van der Waals surface area contributed by atoms with E-state index >= 15 is 0 Å². The third kappa shape index (κ3) is 13.2. The van der Waals surface area contributed by atoms with E-state index in [2.05, 4.69) is 45.5 Å². The van der Waals surface area contributed by atoms with E-state index in [1.807, 2.05) is 58.0 Å². The molecule has 6 atom stereocenters. The summed E-state index contributed by atoms with van der Waals surface area (Å²) < 4.78 is 68.5. The molecule has 1 saturated heterocycles. The van der Waals surface area contributed by atoms with Gasteiger partial charge in [0.2, 0.25) is 0 Å². The number of amides is 2. The molecular weight excluding hydrogens is 1030 g/mol. The lowest BCUT2D eigenvalue weighted by Gasteiger charge is -2.22. The van der Waals surface area contributed by atoms with Gasteiger partial charge >= 0.3 is 35.4 Å². The molecule has 0 spiro atoms. The number of benzene rings is 3. The van der Waals surface area contributed by atoms with Crippen LogP contribution in [0.5, 0.6) is 0 Å². The van der Waals surface area contributed by atoms with Crippen LogP contribution in [0.3, 0.4) is 0 Å². The molecule has 0 saturated carbocycles. The first-order valence-electron chi connectivity index (χ1n) is 22.8. The molecule has 2 unspecified atom stereocenters. The van der Waals surface area contributed by atoms with Crippen LogP contribution in [-0.4, -0.2) is 132 Å². The molecule has 2 aromatic heterocycles. The van der Waals surface area contributed by atoms with Crippen LogP contribution in [0.25, 0.3) is 44.6 Å². The summed E-state index contributed by atoms with van der Waals surface area (Å²) in [5.41, 5.74) is 12.3. The van der Waals surface area contributed by atoms with Gasteiger partial charge in [0.25, 0.3) is 5.91 Å². The summed E-state index contributed by atoms with van der Waals surface area (Å²) >= 11 is 0. The van der Waals surface area contributed by atoms with Gasteiger partial charge in [0.1, 0.15) is 42.0 Å². The Labute approximate surface area is 421 Å². The number of nitrogens with zero attached hydrogens (tertiary/aromatic N) is 6. The lowest BCUT2D eigenvalue weighted by atomic mass is 9.89. The highest BCUT2D eigenvalue weighted by Gasteiger charge is 2.49. The normalized spacial score (nSPS) is 18.8. The Hall–Kier alpha value is -6.18. The van der Waals surface area contributed by atoms with Crippen LogP contribution in [-0.2, 0) is 41.5 Å². The number of carbonyl (C=O) groups is 3. The number of nitrogen functional groups attached to an aromatic ring is 1. The number of nitrogens with one attached hydrogen (secondary N) is 3. The number of aromatic nitrogens is 4. The van der Waals surface area contributed by atoms with Crippen molar-refractivity contribution in [1.29, 1.82) is 0 Å². The molecule has 27 nitrogen and oxygen atoms in total. The first-order valence-corrected chi connectivity index (χ1v) is 27.5. The maximum absolute atomic E-state index is 14.2. The van der Waals surface area contributed by atoms with Gasteiger partial charge in [-0.15, -0.1) is 4.86 Å². The van der Waals surface area contributed by atoms with E-state index in [0.717, 1.165) is 49.9 Å². The van der Waals surface area contributed by atoms with E-state index < -0.39 is 66.5 Å². The summed E-state index contributed by atoms with van der Waals surface area (Å²) in [4.78, 5) is 96.7. The number of aliphatic hydroxyl groups excluding tert-OH is 1. The van der Waals surface area contributed by atoms with Gasteiger partial charge in [0.05, 0.1) is 24.8 Å². The summed E-state index contributed by atoms with van der Waals surface area (Å²) in [7, 11) is -15.0. The first kappa shape index (κ1) is 55.6. The van der Waals surface area contributed by atoms with Crippen molar-refractivity contribution in [3.05, 3.63) is 83.2 Å². The number of nitrogens with two attached hydrogens (primary N) is 1. The Balaban J connectivity index is 0.956. The predicted molar refractivity (Wildman–Crippen MR) is 265 cm³/mol. The molecule has 4 heterocycles. The number of ether oxygens (including phenoxy) is 3. The second kappa shape index (κ2) is 23.2. The number of phosphoric ester groups is 1. The van der Waals surface area contributed by atoms with Crippen molar-refractivity contribution < 1.29 is 80.2 Å². The van der Waals surface area contributed by atoms with Crippen LogP contribution in [0.2, 0.25) is 0 Å². The molecule has 7 rings (SSSR count). The average Bonchev–Trinajstić information content (AvgIpc) is 3.89. The van der Waals surface area contributed by atoms with Crippen molar-refractivity contribution in [2.75, 3.05) is 57.5 Å². The van der Waals surface area contributed by atoms with Crippen molar-refractivity contribution in [3.8, 4) is 22.5 Å². The number of aliphatic hydroxyl groups is 1. The third-order valence-corrected chi connectivity index (χ3v) is 15.7. The highest BCUT2D eigenvalue weighted by molar-refractivity contribution is 7.70. The van der Waals surface area contributed by atoms with E-state index in [0.29, 0.717) is 35.6 Å². The summed E-state index contributed by atoms with van der Waals surface area (Å²) in [5.74, 6) is -0.329. The highest BCUT2D eigenvalue weighted by atomic mass is 31.3. The highest BCUT2D eigenvalue weighted by Crippen LogP contribution is 2.61. The summed E-state index contributed by atoms with van der Waals surface area (Å²) in [6.45, 7) is 7.81. The molecular formula is C44H55N10O17P3. The SMILES string of the molecule is CCN=c1cc2oc3cc(NCC)c(C)cc3c(-c3ccccc3C(=O)N(C)CCCC(=O)OCCNC(=O)O[C@@H]3[C@H](O)[C@@H](COP(=O)(O)OP(=O)(O)NP(=O)(O)O)O[C@H]3n3cnc4c(N)ncnc43)c-2cc1C. The molecule has 0 radical (unpaired) electrons. The number of carbonyl (C=O) groups excluding carboxylic acids is 3. The van der Waals surface area contributed by atoms with Gasteiger partial charge in [-0.3, -0.25) is 23.7 Å². The molecule has 4 aromatic rings. The van der Waals surface area contributed by atoms with E-state index in [-0.39, 0.29) is 55.4 Å². The second-order valence-corrected chi connectivity index (χ2v) is 21.6. The average molecular weight is 1090 g/mol. The second-order valence-electron chi connectivity index (χ2n) is 16.8. The zero-order valence-electron chi connectivity index (χ0n) is 40.5. The van der Waals surface area contributed by atoms with Crippen LogP contribution in [0.4, 0.5) is 16.3 Å². The van der Waals surface area contributed by atoms with E-state index in [9.17, 15) is 43.0 Å². The Morgan fingerprint density at radius 2 is 1.74 bits per heavy atom. The van der Waals surface area contributed by atoms with Crippen LogP contribution in [0, 0.1) is 13.8 Å². The van der Waals surface area contributed by atoms with Crippen LogP contribution in [0.15, 0.2) is 70.6 Å². The fourth-order valence-corrected chi connectivity index (χ4v) is 11.6. The van der Waals surface area contributed by atoms with Crippen molar-refractivity contribution in [1.82, 2.24) is 34.6 Å². The molecule has 10 N–H and O–H groups in total. The summed E-state index contributed by atoms with van der Waals surface area (Å²) in [5, 5.41) is 18.6. The summed E-state index contributed by atoms with van der Waals surface area (Å²) in [6, 6.07) is 15.3. The minimum Gasteiger partial charge on any atom is -0.464 e. The molecule has 398 valence electrons.